The fourth-order valence-electron chi connectivity index (χ4n) is 2.20. The lowest BCUT2D eigenvalue weighted by Gasteiger charge is -2.25. The van der Waals surface area contributed by atoms with E-state index in [1.54, 1.807) is 12.1 Å². The summed E-state index contributed by atoms with van der Waals surface area (Å²) in [5.41, 5.74) is 0.189. The Kier molecular flexibility index (Phi) is 6.90. The van der Waals surface area contributed by atoms with Crippen LogP contribution in [0.15, 0.2) is 12.1 Å². The fourth-order valence-corrected chi connectivity index (χ4v) is 2.43. The Morgan fingerprint density at radius 3 is 2.21 bits per heavy atom. The van der Waals surface area contributed by atoms with Crippen LogP contribution in [0.5, 0.6) is 11.5 Å². The van der Waals surface area contributed by atoms with E-state index in [2.05, 4.69) is 5.32 Å². The van der Waals surface area contributed by atoms with E-state index >= 15 is 0 Å². The second kappa shape index (κ2) is 8.24. The molecule has 0 unspecified atom stereocenters. The second-order valence-corrected chi connectivity index (χ2v) is 6.78. The summed E-state index contributed by atoms with van der Waals surface area (Å²) in [6, 6.07) is 3.21. The molecule has 0 bridgehead atoms. The second-order valence-electron chi connectivity index (χ2n) is 6.38. The summed E-state index contributed by atoms with van der Waals surface area (Å²) in [7, 11) is 2.98. The summed E-state index contributed by atoms with van der Waals surface area (Å²) < 4.78 is 10.5. The molecular weight excluding hydrogens is 332 g/mol. The van der Waals surface area contributed by atoms with Crippen LogP contribution in [-0.2, 0) is 9.59 Å². The maximum atomic E-state index is 12.1. The van der Waals surface area contributed by atoms with Gasteiger partial charge in [-0.3, -0.25) is 9.59 Å². The van der Waals surface area contributed by atoms with Gasteiger partial charge in [-0.15, -0.1) is 0 Å². The van der Waals surface area contributed by atoms with Gasteiger partial charge in [-0.1, -0.05) is 11.6 Å². The topological polar surface area (TPSA) is 67.9 Å². The van der Waals surface area contributed by atoms with Crippen LogP contribution in [0, 0.1) is 0 Å². The van der Waals surface area contributed by atoms with Crippen LogP contribution >= 0.6 is 11.6 Å². The number of amides is 2. The third kappa shape index (κ3) is 5.60. The summed E-state index contributed by atoms with van der Waals surface area (Å²) in [5.74, 6) is 0.528. The van der Waals surface area contributed by atoms with E-state index in [0.29, 0.717) is 22.2 Å². The maximum absolute atomic E-state index is 12.1. The van der Waals surface area contributed by atoms with Crippen molar-refractivity contribution >= 4 is 29.1 Å². The van der Waals surface area contributed by atoms with Gasteiger partial charge >= 0.3 is 0 Å². The van der Waals surface area contributed by atoms with Gasteiger partial charge in [0.1, 0.15) is 11.5 Å². The largest absolute Gasteiger partial charge is 0.495 e. The number of anilines is 1. The predicted molar refractivity (Wildman–Crippen MR) is 95.1 cm³/mol. The van der Waals surface area contributed by atoms with Crippen molar-refractivity contribution in [2.24, 2.45) is 0 Å². The Morgan fingerprint density at radius 1 is 1.17 bits per heavy atom. The zero-order chi connectivity index (χ0) is 18.5. The Hall–Kier alpha value is -1.95. The van der Waals surface area contributed by atoms with Gasteiger partial charge in [-0.2, -0.15) is 0 Å². The van der Waals surface area contributed by atoms with Gasteiger partial charge < -0.3 is 19.7 Å². The number of methoxy groups -OCH3 is 2. The first-order valence-electron chi connectivity index (χ1n) is 7.59. The van der Waals surface area contributed by atoms with Crippen molar-refractivity contribution in [2.75, 3.05) is 25.7 Å². The highest BCUT2D eigenvalue weighted by Crippen LogP contribution is 2.38. The molecule has 0 saturated carbocycles. The number of hydrogen-bond acceptors (Lipinski definition) is 4. The molecule has 0 fully saturated rings. The predicted octanol–water partition coefficient (Wildman–Crippen LogP) is 3.01. The lowest BCUT2D eigenvalue weighted by Crippen LogP contribution is -2.42. The molecule has 0 radical (unpaired) electrons. The third-order valence-corrected chi connectivity index (χ3v) is 3.50. The smallest absolute Gasteiger partial charge is 0.223 e. The summed E-state index contributed by atoms with van der Waals surface area (Å²) in [6.07, 6.45) is 0.172. The highest BCUT2D eigenvalue weighted by atomic mass is 35.5. The highest BCUT2D eigenvalue weighted by Gasteiger charge is 2.21. The molecule has 0 aliphatic rings. The standard InChI is InChI=1S/C17H25ClN2O4/c1-11(21)20(8-7-16(22)19-17(2,3)4)13-10-14(23-5)12(18)9-15(13)24-6/h9-10H,7-8H2,1-6H3,(H,19,22). The Morgan fingerprint density at radius 2 is 1.75 bits per heavy atom. The minimum Gasteiger partial charge on any atom is -0.495 e. The first-order chi connectivity index (χ1) is 11.1. The third-order valence-electron chi connectivity index (χ3n) is 3.20. The van der Waals surface area contributed by atoms with Crippen LogP contribution in [0.4, 0.5) is 5.69 Å². The number of carbonyl (C=O) groups excluding carboxylic acids is 2. The summed E-state index contributed by atoms with van der Waals surface area (Å²) in [6.45, 7) is 7.36. The first kappa shape index (κ1) is 20.1. The molecule has 2 amide bonds. The van der Waals surface area contributed by atoms with Gasteiger partial charge in [0, 0.05) is 37.6 Å². The molecule has 0 aromatic heterocycles. The Bertz CT molecular complexity index is 611. The lowest BCUT2D eigenvalue weighted by molar-refractivity contribution is -0.122. The van der Waals surface area contributed by atoms with Gasteiger partial charge in [0.15, 0.2) is 0 Å². The SMILES string of the molecule is COc1cc(N(CCC(=O)NC(C)(C)C)C(C)=O)c(OC)cc1Cl. The van der Waals surface area contributed by atoms with Crippen LogP contribution in [0.1, 0.15) is 34.1 Å². The lowest BCUT2D eigenvalue weighted by atomic mass is 10.1. The number of nitrogens with zero attached hydrogens (tertiary/aromatic N) is 1. The Balaban J connectivity index is 3.04. The average Bonchev–Trinajstić information content (AvgIpc) is 2.45. The molecule has 0 saturated heterocycles. The van der Waals surface area contributed by atoms with Crippen molar-refractivity contribution in [1.29, 1.82) is 0 Å². The van der Waals surface area contributed by atoms with Gasteiger partial charge in [0.05, 0.1) is 24.9 Å². The zero-order valence-electron chi connectivity index (χ0n) is 15.0. The minimum atomic E-state index is -0.320. The molecule has 0 spiro atoms. The number of carbonyl (C=O) groups is 2. The number of ether oxygens (including phenoxy) is 2. The minimum absolute atomic E-state index is 0.131. The van der Waals surface area contributed by atoms with Crippen LogP contribution in [-0.4, -0.2) is 38.1 Å². The van der Waals surface area contributed by atoms with Gasteiger partial charge in [0.2, 0.25) is 11.8 Å². The summed E-state index contributed by atoms with van der Waals surface area (Å²) in [5, 5.41) is 3.25. The molecule has 0 aliphatic heterocycles. The molecule has 1 N–H and O–H groups in total. The highest BCUT2D eigenvalue weighted by molar-refractivity contribution is 6.32. The van der Waals surface area contributed by atoms with Crippen LogP contribution in [0.2, 0.25) is 5.02 Å². The molecule has 24 heavy (non-hydrogen) atoms. The van der Waals surface area contributed by atoms with Gasteiger partial charge in [0.25, 0.3) is 0 Å². The number of rotatable bonds is 6. The van der Waals surface area contributed by atoms with E-state index in [1.165, 1.54) is 26.0 Å². The molecule has 0 atom stereocenters. The molecular formula is C17H25ClN2O4. The van der Waals surface area contributed by atoms with Gasteiger partial charge in [-0.25, -0.2) is 0 Å². The van der Waals surface area contributed by atoms with E-state index < -0.39 is 0 Å². The molecule has 1 rings (SSSR count). The fraction of sp³-hybridized carbons (Fsp3) is 0.529. The maximum Gasteiger partial charge on any atom is 0.223 e. The van der Waals surface area contributed by atoms with Crippen LogP contribution < -0.4 is 19.7 Å². The summed E-state index contributed by atoms with van der Waals surface area (Å²) in [4.78, 5) is 25.6. The number of halogens is 1. The number of nitrogens with one attached hydrogen (secondary N) is 1. The first-order valence-corrected chi connectivity index (χ1v) is 7.97. The molecule has 0 heterocycles. The van der Waals surface area contributed by atoms with Crippen molar-refractivity contribution in [2.45, 2.75) is 39.7 Å². The number of hydrogen-bond donors (Lipinski definition) is 1. The van der Waals surface area contributed by atoms with E-state index in [0.717, 1.165) is 0 Å². The van der Waals surface area contributed by atoms with Crippen LogP contribution in [0.25, 0.3) is 0 Å². The molecule has 1 aromatic carbocycles. The van der Waals surface area contributed by atoms with Crippen molar-refractivity contribution < 1.29 is 19.1 Å². The molecule has 6 nitrogen and oxygen atoms in total. The van der Waals surface area contributed by atoms with E-state index in [9.17, 15) is 9.59 Å². The summed E-state index contributed by atoms with van der Waals surface area (Å²) >= 11 is 6.09. The molecule has 1 aromatic rings. The molecule has 0 aliphatic carbocycles. The quantitative estimate of drug-likeness (QED) is 0.850. The van der Waals surface area contributed by atoms with E-state index in [-0.39, 0.29) is 30.3 Å². The average molecular weight is 357 g/mol. The normalized spacial score (nSPS) is 11.0. The van der Waals surface area contributed by atoms with Crippen molar-refractivity contribution in [3.8, 4) is 11.5 Å². The Labute approximate surface area is 148 Å². The number of benzene rings is 1. The van der Waals surface area contributed by atoms with Crippen molar-refractivity contribution in [3.05, 3.63) is 17.2 Å². The van der Waals surface area contributed by atoms with E-state index in [4.69, 9.17) is 21.1 Å². The van der Waals surface area contributed by atoms with Crippen molar-refractivity contribution in [3.63, 3.8) is 0 Å². The molecule has 134 valence electrons. The monoisotopic (exact) mass is 356 g/mol. The van der Waals surface area contributed by atoms with E-state index in [1.807, 2.05) is 20.8 Å². The van der Waals surface area contributed by atoms with Crippen molar-refractivity contribution in [1.82, 2.24) is 5.32 Å². The van der Waals surface area contributed by atoms with Crippen LogP contribution in [0.3, 0.4) is 0 Å². The molecule has 7 heteroatoms. The zero-order valence-corrected chi connectivity index (χ0v) is 15.8. The van der Waals surface area contributed by atoms with Gasteiger partial charge in [-0.05, 0) is 20.8 Å².